The quantitative estimate of drug-likeness (QED) is 0.698. The molecule has 1 amide bonds. The minimum absolute atomic E-state index is 0.0927. The van der Waals surface area contributed by atoms with Crippen molar-refractivity contribution in [3.8, 4) is 0 Å². The molecule has 4 heteroatoms. The molecule has 0 aromatic heterocycles. The lowest BCUT2D eigenvalue weighted by Crippen LogP contribution is -2.41. The smallest absolute Gasteiger partial charge is 0.244 e. The van der Waals surface area contributed by atoms with E-state index in [4.69, 9.17) is 0 Å². The summed E-state index contributed by atoms with van der Waals surface area (Å²) in [4.78, 5) is 14.1. The third-order valence-electron chi connectivity index (χ3n) is 3.64. The fraction of sp³-hybridized carbons (Fsp3) is 0.900. The molecule has 0 bridgehead atoms. The van der Waals surface area contributed by atoms with E-state index in [2.05, 4.69) is 10.2 Å². The van der Waals surface area contributed by atoms with Gasteiger partial charge in [0.25, 0.3) is 0 Å². The third kappa shape index (κ3) is 1.27. The number of rotatable bonds is 1. The second-order valence-electron chi connectivity index (χ2n) is 4.54. The maximum Gasteiger partial charge on any atom is 0.244 e. The van der Waals surface area contributed by atoms with E-state index in [9.17, 15) is 4.79 Å². The summed E-state index contributed by atoms with van der Waals surface area (Å²) in [6.07, 6.45) is 4.50. The van der Waals surface area contributed by atoms with Crippen LogP contribution in [0, 0.1) is 0 Å². The molecular weight excluding hydrogens is 196 g/mol. The van der Waals surface area contributed by atoms with Gasteiger partial charge in [-0.25, -0.2) is 0 Å². The molecule has 3 nitrogen and oxygen atoms in total. The summed E-state index contributed by atoms with van der Waals surface area (Å²) < 4.78 is 0. The highest BCUT2D eigenvalue weighted by molar-refractivity contribution is 7.99. The molecule has 3 rings (SSSR count). The van der Waals surface area contributed by atoms with Crippen LogP contribution in [0.2, 0.25) is 0 Å². The molecule has 1 aliphatic carbocycles. The predicted octanol–water partition coefficient (Wildman–Crippen LogP) is 0.804. The Morgan fingerprint density at radius 3 is 2.64 bits per heavy atom. The van der Waals surface area contributed by atoms with Crippen molar-refractivity contribution < 1.29 is 4.79 Å². The number of carbonyl (C=O) groups excluding carboxylic acids is 1. The Balaban J connectivity index is 1.70. The molecule has 2 saturated heterocycles. The molecule has 3 fully saturated rings. The Kier molecular flexibility index (Phi) is 2.02. The number of nitrogens with zero attached hydrogens (tertiary/aromatic N) is 1. The topological polar surface area (TPSA) is 32.3 Å². The first-order valence-corrected chi connectivity index (χ1v) is 6.61. The highest BCUT2D eigenvalue weighted by Gasteiger charge is 2.56. The second-order valence-corrected chi connectivity index (χ2v) is 5.76. The highest BCUT2D eigenvalue weighted by Crippen LogP contribution is 2.41. The van der Waals surface area contributed by atoms with Crippen LogP contribution in [-0.4, -0.2) is 40.6 Å². The van der Waals surface area contributed by atoms with Gasteiger partial charge in [-0.15, -0.1) is 0 Å². The van der Waals surface area contributed by atoms with Crippen LogP contribution in [0.4, 0.5) is 0 Å². The fourth-order valence-corrected chi connectivity index (χ4v) is 3.55. The number of carbonyl (C=O) groups is 1. The molecule has 14 heavy (non-hydrogen) atoms. The molecule has 1 spiro atoms. The third-order valence-corrected chi connectivity index (χ3v) is 4.69. The first-order valence-electron chi connectivity index (χ1n) is 5.46. The van der Waals surface area contributed by atoms with Gasteiger partial charge in [-0.05, 0) is 37.2 Å². The first kappa shape index (κ1) is 9.04. The van der Waals surface area contributed by atoms with Crippen LogP contribution in [0.25, 0.3) is 0 Å². The van der Waals surface area contributed by atoms with Crippen LogP contribution in [0.15, 0.2) is 0 Å². The summed E-state index contributed by atoms with van der Waals surface area (Å²) in [5, 5.41) is 3.37. The van der Waals surface area contributed by atoms with Crippen molar-refractivity contribution in [2.75, 3.05) is 18.2 Å². The lowest BCUT2D eigenvalue weighted by Gasteiger charge is -2.30. The molecule has 1 N–H and O–H groups in total. The van der Waals surface area contributed by atoms with E-state index in [0.717, 1.165) is 19.5 Å². The zero-order valence-electron chi connectivity index (χ0n) is 8.29. The van der Waals surface area contributed by atoms with E-state index in [1.54, 1.807) is 0 Å². The maximum atomic E-state index is 12.0. The summed E-state index contributed by atoms with van der Waals surface area (Å²) >= 11 is 2.02. The summed E-state index contributed by atoms with van der Waals surface area (Å²) in [7, 11) is 0. The minimum atomic E-state index is -0.0927. The Labute approximate surface area is 88.6 Å². The minimum Gasteiger partial charge on any atom is -0.325 e. The summed E-state index contributed by atoms with van der Waals surface area (Å²) in [5.74, 6) is 2.83. The molecular formula is C10H16N2OS. The van der Waals surface area contributed by atoms with E-state index in [1.165, 1.54) is 24.3 Å². The Morgan fingerprint density at radius 2 is 2.07 bits per heavy atom. The van der Waals surface area contributed by atoms with Crippen molar-refractivity contribution in [2.24, 2.45) is 0 Å². The fourth-order valence-electron chi connectivity index (χ4n) is 2.47. The number of nitrogens with one attached hydrogen (secondary N) is 1. The van der Waals surface area contributed by atoms with Crippen LogP contribution in [-0.2, 0) is 4.79 Å². The van der Waals surface area contributed by atoms with Crippen molar-refractivity contribution >= 4 is 17.7 Å². The number of amides is 1. The molecule has 2 heterocycles. The average Bonchev–Trinajstić information content (AvgIpc) is 2.93. The van der Waals surface area contributed by atoms with Gasteiger partial charge in [0.05, 0.1) is 12.2 Å². The van der Waals surface area contributed by atoms with Crippen LogP contribution in [0.3, 0.4) is 0 Å². The number of thioether (sulfide) groups is 1. The van der Waals surface area contributed by atoms with Gasteiger partial charge in [-0.3, -0.25) is 10.1 Å². The van der Waals surface area contributed by atoms with Gasteiger partial charge in [0.1, 0.15) is 0 Å². The number of hydrogen-bond donors (Lipinski definition) is 1. The Hall–Kier alpha value is -0.220. The van der Waals surface area contributed by atoms with Crippen LogP contribution in [0.5, 0.6) is 0 Å². The molecule has 3 aliphatic rings. The standard InChI is InChI=1S/C10H16N2OS/c13-9-10(3-4-10)11-7-12(9)8-1-5-14-6-2-8/h8,11H,1-7H2. The van der Waals surface area contributed by atoms with Gasteiger partial charge in [0.15, 0.2) is 0 Å². The maximum absolute atomic E-state index is 12.0. The van der Waals surface area contributed by atoms with E-state index in [0.29, 0.717) is 11.9 Å². The van der Waals surface area contributed by atoms with Gasteiger partial charge in [0, 0.05) is 6.04 Å². The predicted molar refractivity (Wildman–Crippen MR) is 57.2 cm³/mol. The molecule has 2 aliphatic heterocycles. The van der Waals surface area contributed by atoms with Crippen molar-refractivity contribution in [1.29, 1.82) is 0 Å². The Morgan fingerprint density at radius 1 is 1.36 bits per heavy atom. The molecule has 0 unspecified atom stereocenters. The van der Waals surface area contributed by atoms with E-state index in [-0.39, 0.29) is 5.54 Å². The largest absolute Gasteiger partial charge is 0.325 e. The molecule has 0 radical (unpaired) electrons. The van der Waals surface area contributed by atoms with Crippen molar-refractivity contribution in [2.45, 2.75) is 37.3 Å². The van der Waals surface area contributed by atoms with Crippen molar-refractivity contribution in [1.82, 2.24) is 10.2 Å². The second kappa shape index (κ2) is 3.14. The van der Waals surface area contributed by atoms with Gasteiger partial charge in [-0.2, -0.15) is 11.8 Å². The summed E-state index contributed by atoms with van der Waals surface area (Å²) in [5.41, 5.74) is -0.0927. The van der Waals surface area contributed by atoms with Crippen molar-refractivity contribution in [3.05, 3.63) is 0 Å². The highest BCUT2D eigenvalue weighted by atomic mass is 32.2. The molecule has 1 saturated carbocycles. The SMILES string of the molecule is O=C1N(C2CCSCC2)CNC12CC2. The average molecular weight is 212 g/mol. The van der Waals surface area contributed by atoms with E-state index >= 15 is 0 Å². The van der Waals surface area contributed by atoms with Crippen LogP contribution in [0.1, 0.15) is 25.7 Å². The molecule has 0 aromatic carbocycles. The summed E-state index contributed by atoms with van der Waals surface area (Å²) in [6.45, 7) is 0.800. The van der Waals surface area contributed by atoms with Crippen molar-refractivity contribution in [3.63, 3.8) is 0 Å². The first-order chi connectivity index (χ1) is 6.82. The van der Waals surface area contributed by atoms with E-state index in [1.807, 2.05) is 11.8 Å². The Bertz CT molecular complexity index is 259. The molecule has 0 atom stereocenters. The zero-order valence-corrected chi connectivity index (χ0v) is 9.11. The summed E-state index contributed by atoms with van der Waals surface area (Å²) in [6, 6.07) is 0.524. The number of hydrogen-bond acceptors (Lipinski definition) is 3. The lowest BCUT2D eigenvalue weighted by molar-refractivity contribution is -0.131. The monoisotopic (exact) mass is 212 g/mol. The molecule has 78 valence electrons. The normalized spacial score (nSPS) is 31.4. The van der Waals surface area contributed by atoms with Gasteiger partial charge < -0.3 is 4.90 Å². The van der Waals surface area contributed by atoms with Crippen LogP contribution >= 0.6 is 11.8 Å². The van der Waals surface area contributed by atoms with Crippen LogP contribution < -0.4 is 5.32 Å². The molecule has 0 aromatic rings. The van der Waals surface area contributed by atoms with E-state index < -0.39 is 0 Å². The zero-order chi connectivity index (χ0) is 9.60. The van der Waals surface area contributed by atoms with Gasteiger partial charge >= 0.3 is 0 Å². The van der Waals surface area contributed by atoms with Gasteiger partial charge in [-0.1, -0.05) is 0 Å². The van der Waals surface area contributed by atoms with Gasteiger partial charge in [0.2, 0.25) is 5.91 Å². The lowest BCUT2D eigenvalue weighted by atomic mass is 10.1.